The molecule has 0 fully saturated rings. The molecule has 160 valence electrons. The van der Waals surface area contributed by atoms with Gasteiger partial charge in [-0.25, -0.2) is 0 Å². The van der Waals surface area contributed by atoms with Crippen LogP contribution in [0, 0.1) is 6.92 Å². The molecule has 0 unspecified atom stereocenters. The quantitative estimate of drug-likeness (QED) is 0.347. The van der Waals surface area contributed by atoms with E-state index in [9.17, 15) is 0 Å². The summed E-state index contributed by atoms with van der Waals surface area (Å²) in [7, 11) is 0. The number of hydrogen-bond donors (Lipinski definition) is 1. The highest BCUT2D eigenvalue weighted by Gasteiger charge is 2.12. The van der Waals surface area contributed by atoms with E-state index in [2.05, 4.69) is 71.5 Å². The molecule has 0 aliphatic rings. The Kier molecular flexibility index (Phi) is 11.1. The third kappa shape index (κ3) is 8.77. The number of hydrogen-bond acceptors (Lipinski definition) is 4. The van der Waals surface area contributed by atoms with E-state index in [1.165, 1.54) is 12.0 Å². The van der Waals surface area contributed by atoms with Gasteiger partial charge in [0.05, 0.1) is 11.1 Å². The molecule has 0 radical (unpaired) electrons. The Bertz CT molecular complexity index is 719. The minimum Gasteiger partial charge on any atom is -0.490 e. The first-order valence-electron chi connectivity index (χ1n) is 10.6. The van der Waals surface area contributed by atoms with Crippen molar-refractivity contribution in [2.45, 2.75) is 53.2 Å². The van der Waals surface area contributed by atoms with Gasteiger partial charge in [-0.1, -0.05) is 43.2 Å². The molecule has 1 N–H and O–H groups in total. The highest BCUT2D eigenvalue weighted by Crippen LogP contribution is 2.37. The summed E-state index contributed by atoms with van der Waals surface area (Å²) in [5, 5.41) is 3.47. The van der Waals surface area contributed by atoms with E-state index in [-0.39, 0.29) is 0 Å². The van der Waals surface area contributed by atoms with E-state index < -0.39 is 0 Å². The standard InChI is InChI=1S/C24H34BrNO3/c1-4-6-13-27-14-7-12-26-17-21-15-22(25)24(23(16-21)28-5-2)29-18-20-10-8-19(3)9-11-20/h8-11,15-16,26H,4-7,12-14,17-18H2,1-3H3. The first-order chi connectivity index (χ1) is 14.1. The average molecular weight is 464 g/mol. The minimum absolute atomic E-state index is 0.509. The highest BCUT2D eigenvalue weighted by atomic mass is 79.9. The Morgan fingerprint density at radius 2 is 1.69 bits per heavy atom. The molecule has 0 saturated heterocycles. The maximum atomic E-state index is 6.08. The largest absolute Gasteiger partial charge is 0.490 e. The zero-order valence-electron chi connectivity index (χ0n) is 17.9. The minimum atomic E-state index is 0.509. The van der Waals surface area contributed by atoms with Crippen LogP contribution in [-0.4, -0.2) is 26.4 Å². The number of benzene rings is 2. The second-order valence-corrected chi connectivity index (χ2v) is 7.96. The van der Waals surface area contributed by atoms with Crippen molar-refractivity contribution >= 4 is 15.9 Å². The molecule has 0 bridgehead atoms. The summed E-state index contributed by atoms with van der Waals surface area (Å²) in [6.45, 7) is 10.7. The van der Waals surface area contributed by atoms with E-state index in [1.54, 1.807) is 0 Å². The van der Waals surface area contributed by atoms with Gasteiger partial charge in [-0.15, -0.1) is 0 Å². The van der Waals surface area contributed by atoms with Gasteiger partial charge in [-0.2, -0.15) is 0 Å². The van der Waals surface area contributed by atoms with Gasteiger partial charge in [0.15, 0.2) is 11.5 Å². The first-order valence-corrected chi connectivity index (χ1v) is 11.3. The second-order valence-electron chi connectivity index (χ2n) is 7.11. The van der Waals surface area contributed by atoms with Crippen LogP contribution in [0.4, 0.5) is 0 Å². The molecule has 0 amide bonds. The van der Waals surface area contributed by atoms with Crippen molar-refractivity contribution in [3.8, 4) is 11.5 Å². The lowest BCUT2D eigenvalue weighted by atomic mass is 10.1. The molecule has 2 aromatic carbocycles. The fourth-order valence-electron chi connectivity index (χ4n) is 2.85. The third-order valence-corrected chi connectivity index (χ3v) is 5.08. The van der Waals surface area contributed by atoms with Crippen molar-refractivity contribution in [1.29, 1.82) is 0 Å². The lowest BCUT2D eigenvalue weighted by molar-refractivity contribution is 0.129. The van der Waals surface area contributed by atoms with Gasteiger partial charge >= 0.3 is 0 Å². The molecular weight excluding hydrogens is 430 g/mol. The molecule has 4 nitrogen and oxygen atoms in total. The molecule has 5 heteroatoms. The predicted octanol–water partition coefficient (Wildman–Crippen LogP) is 6.03. The van der Waals surface area contributed by atoms with Crippen LogP contribution in [0.5, 0.6) is 11.5 Å². The highest BCUT2D eigenvalue weighted by molar-refractivity contribution is 9.10. The van der Waals surface area contributed by atoms with Crippen molar-refractivity contribution in [3.05, 3.63) is 57.6 Å². The Morgan fingerprint density at radius 1 is 0.931 bits per heavy atom. The van der Waals surface area contributed by atoms with Crippen LogP contribution < -0.4 is 14.8 Å². The van der Waals surface area contributed by atoms with Crippen molar-refractivity contribution in [2.24, 2.45) is 0 Å². The third-order valence-electron chi connectivity index (χ3n) is 4.49. The molecule has 0 saturated carbocycles. The van der Waals surface area contributed by atoms with Crippen LogP contribution >= 0.6 is 15.9 Å². The summed E-state index contributed by atoms with van der Waals surface area (Å²) in [5.41, 5.74) is 3.54. The van der Waals surface area contributed by atoms with Crippen LogP contribution in [0.1, 0.15) is 49.8 Å². The molecule has 0 aromatic heterocycles. The van der Waals surface area contributed by atoms with Gasteiger partial charge in [-0.05, 0) is 72.4 Å². The summed E-state index contributed by atoms with van der Waals surface area (Å²) >= 11 is 3.66. The molecule has 0 aliphatic heterocycles. The lowest BCUT2D eigenvalue weighted by Gasteiger charge is -2.16. The van der Waals surface area contributed by atoms with Gasteiger partial charge in [-0.3, -0.25) is 0 Å². The van der Waals surface area contributed by atoms with Crippen molar-refractivity contribution in [3.63, 3.8) is 0 Å². The van der Waals surface area contributed by atoms with E-state index >= 15 is 0 Å². The molecule has 29 heavy (non-hydrogen) atoms. The number of rotatable bonds is 14. The first kappa shape index (κ1) is 23.7. The molecule has 2 rings (SSSR count). The fraction of sp³-hybridized carbons (Fsp3) is 0.500. The normalized spacial score (nSPS) is 10.9. The summed E-state index contributed by atoms with van der Waals surface area (Å²) in [4.78, 5) is 0. The summed E-state index contributed by atoms with van der Waals surface area (Å²) in [6, 6.07) is 12.5. The van der Waals surface area contributed by atoms with Gasteiger partial charge in [0.2, 0.25) is 0 Å². The Labute approximate surface area is 184 Å². The smallest absolute Gasteiger partial charge is 0.175 e. The SMILES string of the molecule is CCCCOCCCNCc1cc(Br)c(OCc2ccc(C)cc2)c(OCC)c1. The number of nitrogens with one attached hydrogen (secondary N) is 1. The van der Waals surface area contributed by atoms with Gasteiger partial charge in [0.1, 0.15) is 6.61 Å². The molecule has 2 aromatic rings. The van der Waals surface area contributed by atoms with Crippen molar-refractivity contribution in [2.75, 3.05) is 26.4 Å². The average Bonchev–Trinajstić information content (AvgIpc) is 2.71. The zero-order valence-corrected chi connectivity index (χ0v) is 19.5. The molecule has 0 aliphatic carbocycles. The monoisotopic (exact) mass is 463 g/mol. The maximum absolute atomic E-state index is 6.08. The number of aryl methyl sites for hydroxylation is 1. The number of unbranched alkanes of at least 4 members (excludes halogenated alkanes) is 1. The van der Waals surface area contributed by atoms with Crippen molar-refractivity contribution < 1.29 is 14.2 Å². The van der Waals surface area contributed by atoms with Crippen LogP contribution in [0.25, 0.3) is 0 Å². The van der Waals surface area contributed by atoms with Crippen LogP contribution in [0.15, 0.2) is 40.9 Å². The zero-order chi connectivity index (χ0) is 20.9. The topological polar surface area (TPSA) is 39.7 Å². The van der Waals surface area contributed by atoms with E-state index in [0.29, 0.717) is 13.2 Å². The van der Waals surface area contributed by atoms with Crippen molar-refractivity contribution in [1.82, 2.24) is 5.32 Å². The summed E-state index contributed by atoms with van der Waals surface area (Å²) in [6.07, 6.45) is 3.33. The molecule has 0 spiro atoms. The fourth-order valence-corrected chi connectivity index (χ4v) is 3.45. The Hall–Kier alpha value is -1.56. The van der Waals surface area contributed by atoms with Gasteiger partial charge in [0.25, 0.3) is 0 Å². The van der Waals surface area contributed by atoms with Gasteiger partial charge in [0, 0.05) is 19.8 Å². The van der Waals surface area contributed by atoms with E-state index in [4.69, 9.17) is 14.2 Å². The second kappa shape index (κ2) is 13.6. The summed E-state index contributed by atoms with van der Waals surface area (Å²) < 4.78 is 18.4. The number of ether oxygens (including phenoxy) is 3. The molecule has 0 atom stereocenters. The van der Waals surface area contributed by atoms with E-state index in [0.717, 1.165) is 66.2 Å². The van der Waals surface area contributed by atoms with Crippen LogP contribution in [0.2, 0.25) is 0 Å². The van der Waals surface area contributed by atoms with Crippen LogP contribution in [0.3, 0.4) is 0 Å². The van der Waals surface area contributed by atoms with Crippen LogP contribution in [-0.2, 0) is 17.9 Å². The Balaban J connectivity index is 1.88. The van der Waals surface area contributed by atoms with E-state index in [1.807, 2.05) is 6.92 Å². The lowest BCUT2D eigenvalue weighted by Crippen LogP contribution is -2.16. The predicted molar refractivity (Wildman–Crippen MR) is 123 cm³/mol. The number of halogens is 1. The van der Waals surface area contributed by atoms with Gasteiger partial charge < -0.3 is 19.5 Å². The molecule has 0 heterocycles. The molecular formula is C24H34BrNO3. The summed E-state index contributed by atoms with van der Waals surface area (Å²) in [5.74, 6) is 1.52. The maximum Gasteiger partial charge on any atom is 0.175 e. The Morgan fingerprint density at radius 3 is 2.41 bits per heavy atom.